The van der Waals surface area contributed by atoms with Gasteiger partial charge in [0.05, 0.1) is 11.5 Å². The fourth-order valence-electron chi connectivity index (χ4n) is 2.05. The molecular formula is C19H18F2N2O4S. The molecule has 0 aliphatic heterocycles. The van der Waals surface area contributed by atoms with Crippen molar-refractivity contribution < 1.29 is 27.9 Å². The lowest BCUT2D eigenvalue weighted by molar-refractivity contribution is -0.150. The predicted molar refractivity (Wildman–Crippen MR) is 103 cm³/mol. The minimum Gasteiger partial charge on any atom is -0.452 e. The monoisotopic (exact) mass is 408 g/mol. The summed E-state index contributed by atoms with van der Waals surface area (Å²) in [5.41, 5.74) is 0.692. The molecule has 2 N–H and O–H groups in total. The molecule has 0 bridgehead atoms. The van der Waals surface area contributed by atoms with Gasteiger partial charge in [-0.25, -0.2) is 8.78 Å². The molecule has 0 aliphatic carbocycles. The van der Waals surface area contributed by atoms with Gasteiger partial charge in [0.2, 0.25) is 5.91 Å². The Hall–Kier alpha value is -2.94. The standard InChI is InChI=1S/C19H18F2N2O4S/c1-12(19(26)23-16-4-2-3-14(21)9-16)27-18(25)11-28-10-17(24)22-15-7-5-13(20)6-8-15/h2-9,12H,10-11H2,1H3,(H,22,24)(H,23,26)/t12-/m1/s1. The van der Waals surface area contributed by atoms with Gasteiger partial charge in [-0.1, -0.05) is 6.07 Å². The molecule has 0 fully saturated rings. The quantitative estimate of drug-likeness (QED) is 0.656. The maximum atomic E-state index is 13.1. The molecule has 2 aromatic carbocycles. The molecule has 148 valence electrons. The van der Waals surface area contributed by atoms with Gasteiger partial charge in [-0.3, -0.25) is 14.4 Å². The Labute approximate surface area is 164 Å². The van der Waals surface area contributed by atoms with Gasteiger partial charge in [0, 0.05) is 11.4 Å². The summed E-state index contributed by atoms with van der Waals surface area (Å²) in [5.74, 6) is -2.69. The van der Waals surface area contributed by atoms with Crippen molar-refractivity contribution in [1.82, 2.24) is 0 Å². The SMILES string of the molecule is C[C@@H](OC(=O)CSCC(=O)Nc1ccc(F)cc1)C(=O)Nc1cccc(F)c1. The number of thioether (sulfide) groups is 1. The van der Waals surface area contributed by atoms with Crippen LogP contribution in [0.15, 0.2) is 48.5 Å². The van der Waals surface area contributed by atoms with E-state index >= 15 is 0 Å². The first-order valence-electron chi connectivity index (χ1n) is 8.22. The number of esters is 1. The third-order valence-corrected chi connectivity index (χ3v) is 4.26. The van der Waals surface area contributed by atoms with Crippen LogP contribution in [0, 0.1) is 11.6 Å². The van der Waals surface area contributed by atoms with E-state index in [1.165, 1.54) is 49.4 Å². The maximum Gasteiger partial charge on any atom is 0.316 e. The number of anilines is 2. The summed E-state index contributed by atoms with van der Waals surface area (Å²) in [4.78, 5) is 35.5. The van der Waals surface area contributed by atoms with Gasteiger partial charge >= 0.3 is 5.97 Å². The zero-order chi connectivity index (χ0) is 20.5. The summed E-state index contributed by atoms with van der Waals surface area (Å²) in [6, 6.07) is 10.6. The van der Waals surface area contributed by atoms with Gasteiger partial charge in [-0.15, -0.1) is 11.8 Å². The van der Waals surface area contributed by atoms with E-state index in [1.807, 2.05) is 0 Å². The Balaban J connectivity index is 1.68. The molecule has 0 aromatic heterocycles. The molecule has 0 spiro atoms. The average Bonchev–Trinajstić information content (AvgIpc) is 2.63. The van der Waals surface area contributed by atoms with Gasteiger partial charge in [-0.05, 0) is 49.4 Å². The van der Waals surface area contributed by atoms with Gasteiger partial charge in [-0.2, -0.15) is 0 Å². The van der Waals surface area contributed by atoms with Crippen LogP contribution in [-0.2, 0) is 19.1 Å². The Kier molecular flexibility index (Phi) is 7.94. The number of ether oxygens (including phenoxy) is 1. The van der Waals surface area contributed by atoms with Gasteiger partial charge < -0.3 is 15.4 Å². The molecular weight excluding hydrogens is 390 g/mol. The average molecular weight is 408 g/mol. The topological polar surface area (TPSA) is 84.5 Å². The van der Waals surface area contributed by atoms with Gasteiger partial charge in [0.15, 0.2) is 6.10 Å². The van der Waals surface area contributed by atoms with E-state index in [-0.39, 0.29) is 23.1 Å². The highest BCUT2D eigenvalue weighted by atomic mass is 32.2. The number of halogens is 2. The summed E-state index contributed by atoms with van der Waals surface area (Å²) in [6.45, 7) is 1.39. The van der Waals surface area contributed by atoms with E-state index < -0.39 is 29.6 Å². The number of benzene rings is 2. The van der Waals surface area contributed by atoms with Crippen molar-refractivity contribution >= 4 is 40.9 Å². The molecule has 1 atom stereocenters. The molecule has 0 unspecified atom stereocenters. The number of carbonyl (C=O) groups excluding carboxylic acids is 3. The smallest absolute Gasteiger partial charge is 0.316 e. The van der Waals surface area contributed by atoms with Crippen LogP contribution in [0.3, 0.4) is 0 Å². The summed E-state index contributed by atoms with van der Waals surface area (Å²) in [7, 11) is 0. The fraction of sp³-hybridized carbons (Fsp3) is 0.211. The zero-order valence-electron chi connectivity index (χ0n) is 14.9. The van der Waals surface area contributed by atoms with Crippen molar-refractivity contribution in [2.45, 2.75) is 13.0 Å². The summed E-state index contributed by atoms with van der Waals surface area (Å²) < 4.78 is 30.9. The number of nitrogens with one attached hydrogen (secondary N) is 2. The third kappa shape index (κ3) is 7.36. The number of hydrogen-bond donors (Lipinski definition) is 2. The summed E-state index contributed by atoms with van der Waals surface area (Å²) in [6.07, 6.45) is -1.08. The highest BCUT2D eigenvalue weighted by Crippen LogP contribution is 2.12. The lowest BCUT2D eigenvalue weighted by Gasteiger charge is -2.13. The zero-order valence-corrected chi connectivity index (χ0v) is 15.7. The largest absolute Gasteiger partial charge is 0.452 e. The molecule has 28 heavy (non-hydrogen) atoms. The van der Waals surface area contributed by atoms with Crippen molar-refractivity contribution in [3.63, 3.8) is 0 Å². The van der Waals surface area contributed by atoms with Crippen molar-refractivity contribution in [3.05, 3.63) is 60.2 Å². The maximum absolute atomic E-state index is 13.1. The van der Waals surface area contributed by atoms with E-state index in [2.05, 4.69) is 10.6 Å². The second-order valence-corrected chi connectivity index (χ2v) is 6.67. The van der Waals surface area contributed by atoms with Gasteiger partial charge in [0.1, 0.15) is 11.6 Å². The first kappa shape index (κ1) is 21.4. The number of amides is 2. The van der Waals surface area contributed by atoms with E-state index in [0.717, 1.165) is 17.8 Å². The predicted octanol–water partition coefficient (Wildman–Crippen LogP) is 3.21. The van der Waals surface area contributed by atoms with Crippen LogP contribution in [0.1, 0.15) is 6.92 Å². The molecule has 2 amide bonds. The summed E-state index contributed by atoms with van der Waals surface area (Å²) in [5, 5.41) is 5.00. The third-order valence-electron chi connectivity index (χ3n) is 3.35. The van der Waals surface area contributed by atoms with Crippen molar-refractivity contribution in [2.75, 3.05) is 22.1 Å². The lowest BCUT2D eigenvalue weighted by Crippen LogP contribution is -2.30. The summed E-state index contributed by atoms with van der Waals surface area (Å²) >= 11 is 1.01. The second kappa shape index (κ2) is 10.4. The van der Waals surface area contributed by atoms with E-state index in [1.54, 1.807) is 0 Å². The minimum atomic E-state index is -1.08. The first-order valence-corrected chi connectivity index (χ1v) is 9.38. The molecule has 0 heterocycles. The van der Waals surface area contributed by atoms with Gasteiger partial charge in [0.25, 0.3) is 5.91 Å². The van der Waals surface area contributed by atoms with E-state index in [0.29, 0.717) is 5.69 Å². The van der Waals surface area contributed by atoms with Crippen molar-refractivity contribution in [2.24, 2.45) is 0 Å². The molecule has 9 heteroatoms. The number of rotatable bonds is 8. The highest BCUT2D eigenvalue weighted by Gasteiger charge is 2.18. The molecule has 0 aliphatic rings. The van der Waals surface area contributed by atoms with Crippen molar-refractivity contribution in [1.29, 1.82) is 0 Å². The molecule has 0 saturated carbocycles. The van der Waals surface area contributed by atoms with E-state index in [4.69, 9.17) is 4.74 Å². The Morgan fingerprint density at radius 3 is 2.36 bits per heavy atom. The minimum absolute atomic E-state index is 0.0175. The molecule has 6 nitrogen and oxygen atoms in total. The Bertz CT molecular complexity index is 846. The molecule has 0 saturated heterocycles. The number of carbonyl (C=O) groups is 3. The number of hydrogen-bond acceptors (Lipinski definition) is 5. The molecule has 2 rings (SSSR count). The van der Waals surface area contributed by atoms with Crippen LogP contribution >= 0.6 is 11.8 Å². The van der Waals surface area contributed by atoms with Crippen molar-refractivity contribution in [3.8, 4) is 0 Å². The fourth-order valence-corrected chi connectivity index (χ4v) is 2.65. The van der Waals surface area contributed by atoms with Crippen LogP contribution in [0.25, 0.3) is 0 Å². The molecule has 0 radical (unpaired) electrons. The van der Waals surface area contributed by atoms with Crippen LogP contribution < -0.4 is 10.6 Å². The van der Waals surface area contributed by atoms with E-state index in [9.17, 15) is 23.2 Å². The van der Waals surface area contributed by atoms with Crippen LogP contribution in [0.4, 0.5) is 20.2 Å². The second-order valence-electron chi connectivity index (χ2n) is 5.68. The Morgan fingerprint density at radius 2 is 1.68 bits per heavy atom. The lowest BCUT2D eigenvalue weighted by atomic mass is 10.3. The van der Waals surface area contributed by atoms with Crippen LogP contribution in [0.2, 0.25) is 0 Å². The van der Waals surface area contributed by atoms with Crippen LogP contribution in [-0.4, -0.2) is 35.4 Å². The van der Waals surface area contributed by atoms with Crippen LogP contribution in [0.5, 0.6) is 0 Å². The first-order chi connectivity index (χ1) is 13.3. The normalized spacial score (nSPS) is 11.4. The molecule has 2 aromatic rings. The Morgan fingerprint density at radius 1 is 0.964 bits per heavy atom. The highest BCUT2D eigenvalue weighted by molar-refractivity contribution is 8.00.